The molecule has 6 nitrogen and oxygen atoms in total. The largest absolute Gasteiger partial charge is 0.461 e. The zero-order valence-electron chi connectivity index (χ0n) is 13.3. The molecule has 0 saturated carbocycles. The van der Waals surface area contributed by atoms with E-state index in [4.69, 9.17) is 11.3 Å². The van der Waals surface area contributed by atoms with Gasteiger partial charge in [0.15, 0.2) is 5.69 Å². The van der Waals surface area contributed by atoms with Gasteiger partial charge in [0.1, 0.15) is 5.69 Å². The van der Waals surface area contributed by atoms with Gasteiger partial charge in [-0.25, -0.2) is 22.0 Å². The first-order chi connectivity index (χ1) is 12.0. The number of hydrogen-bond acceptors (Lipinski definition) is 4. The number of esters is 1. The summed E-state index contributed by atoms with van der Waals surface area (Å²) in [6.45, 7) is 8.91. The Labute approximate surface area is 145 Å². The van der Waals surface area contributed by atoms with Crippen molar-refractivity contribution in [2.45, 2.75) is 11.8 Å². The molecule has 0 aliphatic carbocycles. The maximum Gasteiger partial charge on any atom is 0.356 e. The average molecular weight is 354 g/mol. The molecule has 0 fully saturated rings. The lowest BCUT2D eigenvalue weighted by Gasteiger charge is -2.11. The number of nitrogens with zero attached hydrogens (tertiary/aromatic N) is 2. The van der Waals surface area contributed by atoms with E-state index in [0.717, 1.165) is 3.97 Å². The Morgan fingerprint density at radius 1 is 1.16 bits per heavy atom. The van der Waals surface area contributed by atoms with Crippen LogP contribution in [0, 0.1) is 6.57 Å². The van der Waals surface area contributed by atoms with Crippen molar-refractivity contribution < 1.29 is 17.9 Å². The van der Waals surface area contributed by atoms with Crippen LogP contribution in [0.5, 0.6) is 0 Å². The van der Waals surface area contributed by atoms with Gasteiger partial charge in [0, 0.05) is 0 Å². The average Bonchev–Trinajstić information content (AvgIpc) is 3.02. The lowest BCUT2D eigenvalue weighted by molar-refractivity contribution is 0.0518. The number of aromatic nitrogens is 1. The number of hydrogen-bond donors (Lipinski definition) is 0. The molecule has 7 heteroatoms. The molecule has 0 aliphatic heterocycles. The Bertz CT molecular complexity index is 1090. The lowest BCUT2D eigenvalue weighted by Crippen LogP contribution is -2.19. The highest BCUT2D eigenvalue weighted by atomic mass is 32.2. The van der Waals surface area contributed by atoms with Crippen LogP contribution in [-0.4, -0.2) is 25.0 Å². The van der Waals surface area contributed by atoms with Gasteiger partial charge in [0.25, 0.3) is 10.0 Å². The normalized spacial score (nSPS) is 11.2. The highest BCUT2D eigenvalue weighted by Gasteiger charge is 2.27. The fourth-order valence-electron chi connectivity index (χ4n) is 2.54. The minimum absolute atomic E-state index is 0.0475. The molecule has 2 aromatic carbocycles. The number of rotatable bonds is 4. The first-order valence-corrected chi connectivity index (χ1v) is 8.93. The summed E-state index contributed by atoms with van der Waals surface area (Å²) in [5.74, 6) is -0.734. The first kappa shape index (κ1) is 16.7. The lowest BCUT2D eigenvalue weighted by atomic mass is 10.2. The van der Waals surface area contributed by atoms with E-state index in [1.807, 2.05) is 0 Å². The van der Waals surface area contributed by atoms with Crippen molar-refractivity contribution in [1.82, 2.24) is 3.97 Å². The van der Waals surface area contributed by atoms with Crippen molar-refractivity contribution in [2.75, 3.05) is 6.61 Å². The quantitative estimate of drug-likeness (QED) is 0.530. The van der Waals surface area contributed by atoms with E-state index >= 15 is 0 Å². The fraction of sp³-hybridized carbons (Fsp3) is 0.111. The van der Waals surface area contributed by atoms with E-state index < -0.39 is 16.0 Å². The predicted molar refractivity (Wildman–Crippen MR) is 93.2 cm³/mol. The molecule has 1 aromatic heterocycles. The van der Waals surface area contributed by atoms with Crippen LogP contribution in [0.15, 0.2) is 59.5 Å². The summed E-state index contributed by atoms with van der Waals surface area (Å²) in [4.78, 5) is 15.7. The van der Waals surface area contributed by atoms with Gasteiger partial charge >= 0.3 is 5.97 Å². The van der Waals surface area contributed by atoms with Crippen LogP contribution >= 0.6 is 0 Å². The van der Waals surface area contributed by atoms with E-state index in [2.05, 4.69) is 4.85 Å². The molecular weight excluding hydrogens is 340 g/mol. The molecule has 0 amide bonds. The molecule has 3 aromatic rings. The number of ether oxygens (including phenoxy) is 1. The molecule has 0 radical (unpaired) electrons. The molecule has 0 spiro atoms. The highest BCUT2D eigenvalue weighted by molar-refractivity contribution is 7.90. The molecule has 25 heavy (non-hydrogen) atoms. The zero-order valence-corrected chi connectivity index (χ0v) is 14.2. The molecule has 3 rings (SSSR count). The molecule has 0 aliphatic rings. The SMILES string of the molecule is [C-]#[N+]c1ccc2cc(C(=O)OCC)n(S(=O)(=O)c3ccccc3)c2c1. The topological polar surface area (TPSA) is 69.7 Å². The van der Waals surface area contributed by atoms with Gasteiger partial charge in [-0.3, -0.25) is 0 Å². The van der Waals surface area contributed by atoms with Crippen LogP contribution in [0.4, 0.5) is 5.69 Å². The van der Waals surface area contributed by atoms with E-state index in [0.29, 0.717) is 5.39 Å². The van der Waals surface area contributed by atoms with Crippen molar-refractivity contribution in [2.24, 2.45) is 0 Å². The monoisotopic (exact) mass is 354 g/mol. The van der Waals surface area contributed by atoms with E-state index in [1.54, 1.807) is 37.3 Å². The van der Waals surface area contributed by atoms with Crippen molar-refractivity contribution in [1.29, 1.82) is 0 Å². The summed E-state index contributed by atoms with van der Waals surface area (Å²) in [6.07, 6.45) is 0. The first-order valence-electron chi connectivity index (χ1n) is 7.49. The molecule has 0 unspecified atom stereocenters. The highest BCUT2D eigenvalue weighted by Crippen LogP contribution is 2.29. The Kier molecular flexibility index (Phi) is 4.30. The summed E-state index contributed by atoms with van der Waals surface area (Å²) in [5, 5.41) is 0.537. The van der Waals surface area contributed by atoms with Crippen molar-refractivity contribution >= 4 is 32.6 Å². The van der Waals surface area contributed by atoms with E-state index in [-0.39, 0.29) is 28.4 Å². The maximum absolute atomic E-state index is 13.1. The second kappa shape index (κ2) is 6.42. The van der Waals surface area contributed by atoms with Crippen molar-refractivity contribution in [3.05, 3.63) is 71.7 Å². The van der Waals surface area contributed by atoms with Gasteiger partial charge in [0.2, 0.25) is 0 Å². The van der Waals surface area contributed by atoms with E-state index in [1.165, 1.54) is 24.3 Å². The maximum atomic E-state index is 13.1. The standard InChI is InChI=1S/C18H14N2O4S/c1-3-24-18(21)17-11-13-9-10-14(19-2)12-16(13)20(17)25(22,23)15-7-5-4-6-8-15/h4-12H,3H2,1H3. The third-order valence-corrected chi connectivity index (χ3v) is 5.38. The van der Waals surface area contributed by atoms with Gasteiger partial charge in [-0.2, -0.15) is 0 Å². The second-order valence-electron chi connectivity index (χ2n) is 5.19. The number of benzene rings is 2. The van der Waals surface area contributed by atoms with Crippen LogP contribution in [0.3, 0.4) is 0 Å². The minimum atomic E-state index is -4.03. The van der Waals surface area contributed by atoms with Crippen molar-refractivity contribution in [3.8, 4) is 0 Å². The third-order valence-electron chi connectivity index (χ3n) is 3.64. The summed E-state index contributed by atoms with van der Waals surface area (Å²) >= 11 is 0. The van der Waals surface area contributed by atoms with Crippen LogP contribution in [-0.2, 0) is 14.8 Å². The Morgan fingerprint density at radius 2 is 1.88 bits per heavy atom. The summed E-state index contributed by atoms with van der Waals surface area (Å²) < 4.78 is 32.2. The van der Waals surface area contributed by atoms with Gasteiger partial charge < -0.3 is 4.74 Å². The summed E-state index contributed by atoms with van der Waals surface area (Å²) in [6, 6.07) is 13.9. The number of fused-ring (bicyclic) bond motifs is 1. The molecule has 0 N–H and O–H groups in total. The fourth-order valence-corrected chi connectivity index (χ4v) is 4.05. The minimum Gasteiger partial charge on any atom is -0.461 e. The summed E-state index contributed by atoms with van der Waals surface area (Å²) in [5.41, 5.74) is 0.453. The van der Waals surface area contributed by atoms with E-state index in [9.17, 15) is 13.2 Å². The number of carbonyl (C=O) groups is 1. The van der Waals surface area contributed by atoms with Gasteiger partial charge in [-0.1, -0.05) is 30.3 Å². The molecule has 0 atom stereocenters. The molecule has 0 saturated heterocycles. The Morgan fingerprint density at radius 3 is 2.52 bits per heavy atom. The predicted octanol–water partition coefficient (Wildman–Crippen LogP) is 3.61. The second-order valence-corrected chi connectivity index (χ2v) is 6.97. The van der Waals surface area contributed by atoms with Crippen LogP contribution in [0.25, 0.3) is 15.7 Å². The summed E-state index contributed by atoms with van der Waals surface area (Å²) in [7, 11) is -4.03. The Balaban J connectivity index is 2.36. The van der Waals surface area contributed by atoms with Crippen LogP contribution in [0.2, 0.25) is 0 Å². The third kappa shape index (κ3) is 2.88. The molecule has 1 heterocycles. The molecule has 126 valence electrons. The number of carbonyl (C=O) groups excluding carboxylic acids is 1. The van der Waals surface area contributed by atoms with Crippen LogP contribution < -0.4 is 0 Å². The van der Waals surface area contributed by atoms with Gasteiger partial charge in [-0.15, -0.1) is 0 Å². The molecule has 0 bridgehead atoms. The van der Waals surface area contributed by atoms with Crippen LogP contribution in [0.1, 0.15) is 17.4 Å². The van der Waals surface area contributed by atoms with Crippen molar-refractivity contribution in [3.63, 3.8) is 0 Å². The van der Waals surface area contributed by atoms with Gasteiger partial charge in [-0.05, 0) is 36.6 Å². The molecular formula is C18H14N2O4S. The van der Waals surface area contributed by atoms with Gasteiger partial charge in [0.05, 0.1) is 23.6 Å². The Hall–Kier alpha value is -3.11. The zero-order chi connectivity index (χ0) is 18.0. The smallest absolute Gasteiger partial charge is 0.356 e.